The molecule has 1 aliphatic carbocycles. The van der Waals surface area contributed by atoms with Crippen LogP contribution in [-0.4, -0.2) is 45.5 Å². The SMILES string of the molecule is CCNC(=NCC1(O)CCc2ccccc21)Nc1cc(OC)c(OC)c(OC)c1. The summed E-state index contributed by atoms with van der Waals surface area (Å²) in [4.78, 5) is 4.65. The van der Waals surface area contributed by atoms with E-state index in [1.807, 2.05) is 37.3 Å². The summed E-state index contributed by atoms with van der Waals surface area (Å²) in [6, 6.07) is 11.6. The van der Waals surface area contributed by atoms with Gasteiger partial charge >= 0.3 is 0 Å². The number of hydrogen-bond donors (Lipinski definition) is 3. The molecule has 7 heteroatoms. The quantitative estimate of drug-likeness (QED) is 0.490. The smallest absolute Gasteiger partial charge is 0.203 e. The van der Waals surface area contributed by atoms with E-state index >= 15 is 0 Å². The number of fused-ring (bicyclic) bond motifs is 1. The number of aryl methyl sites for hydroxylation is 1. The monoisotopic (exact) mass is 399 g/mol. The van der Waals surface area contributed by atoms with E-state index < -0.39 is 5.60 Å². The Labute approximate surface area is 171 Å². The van der Waals surface area contributed by atoms with Gasteiger partial charge in [-0.15, -0.1) is 0 Å². The van der Waals surface area contributed by atoms with Crippen molar-refractivity contribution in [3.63, 3.8) is 0 Å². The predicted octanol–water partition coefficient (Wildman–Crippen LogP) is 2.92. The van der Waals surface area contributed by atoms with Crippen LogP contribution in [0.3, 0.4) is 0 Å². The fraction of sp³-hybridized carbons (Fsp3) is 0.409. The molecule has 0 bridgehead atoms. The first kappa shape index (κ1) is 20.8. The van der Waals surface area contributed by atoms with E-state index in [1.165, 1.54) is 5.56 Å². The Morgan fingerprint density at radius 2 is 1.79 bits per heavy atom. The molecular formula is C22H29N3O4. The Morgan fingerprint density at radius 1 is 1.10 bits per heavy atom. The minimum absolute atomic E-state index is 0.268. The molecule has 0 spiro atoms. The van der Waals surface area contributed by atoms with Gasteiger partial charge in [-0.1, -0.05) is 24.3 Å². The van der Waals surface area contributed by atoms with Crippen molar-refractivity contribution in [1.82, 2.24) is 5.32 Å². The Bertz CT molecular complexity index is 859. The van der Waals surface area contributed by atoms with Gasteiger partial charge in [-0.25, -0.2) is 4.99 Å². The molecule has 29 heavy (non-hydrogen) atoms. The molecule has 2 aromatic carbocycles. The third-order valence-electron chi connectivity index (χ3n) is 5.10. The second-order valence-electron chi connectivity index (χ2n) is 6.92. The molecule has 2 aromatic rings. The first-order chi connectivity index (χ1) is 14.0. The number of rotatable bonds is 7. The molecule has 0 saturated heterocycles. The molecule has 1 unspecified atom stereocenters. The van der Waals surface area contributed by atoms with Crippen LogP contribution in [0.15, 0.2) is 41.4 Å². The van der Waals surface area contributed by atoms with Gasteiger partial charge in [0.25, 0.3) is 0 Å². The van der Waals surface area contributed by atoms with Crippen LogP contribution in [0.2, 0.25) is 0 Å². The summed E-state index contributed by atoms with van der Waals surface area (Å²) in [6.07, 6.45) is 1.53. The summed E-state index contributed by atoms with van der Waals surface area (Å²) in [6.45, 7) is 2.95. The van der Waals surface area contributed by atoms with E-state index in [1.54, 1.807) is 21.3 Å². The number of nitrogens with one attached hydrogen (secondary N) is 2. The van der Waals surface area contributed by atoms with Crippen molar-refractivity contribution in [3.05, 3.63) is 47.5 Å². The average Bonchev–Trinajstić information content (AvgIpc) is 3.08. The Hall–Kier alpha value is -2.93. The van der Waals surface area contributed by atoms with Gasteiger partial charge in [-0.2, -0.15) is 0 Å². The minimum atomic E-state index is -0.950. The van der Waals surface area contributed by atoms with Crippen LogP contribution in [0.4, 0.5) is 5.69 Å². The second kappa shape index (κ2) is 9.05. The molecule has 3 N–H and O–H groups in total. The van der Waals surface area contributed by atoms with Crippen molar-refractivity contribution >= 4 is 11.6 Å². The van der Waals surface area contributed by atoms with E-state index in [-0.39, 0.29) is 6.54 Å². The van der Waals surface area contributed by atoms with E-state index in [9.17, 15) is 5.11 Å². The van der Waals surface area contributed by atoms with Gasteiger partial charge in [-0.05, 0) is 30.9 Å². The number of ether oxygens (including phenoxy) is 3. The number of benzene rings is 2. The molecule has 0 aromatic heterocycles. The normalized spacial score (nSPS) is 18.2. The Kier molecular flexibility index (Phi) is 6.49. The Balaban J connectivity index is 1.84. The summed E-state index contributed by atoms with van der Waals surface area (Å²) in [5.41, 5.74) is 1.94. The largest absolute Gasteiger partial charge is 0.493 e. The number of aliphatic imine (C=N–C) groups is 1. The standard InChI is InChI=1S/C22H29N3O4/c1-5-23-21(24-14-22(26)11-10-15-8-6-7-9-17(15)22)25-16-12-18(27-2)20(29-4)19(13-16)28-3/h6-9,12-13,26H,5,10-11,14H2,1-4H3,(H2,23,24,25). The predicted molar refractivity (Wildman–Crippen MR) is 114 cm³/mol. The molecule has 0 radical (unpaired) electrons. The van der Waals surface area contributed by atoms with Gasteiger partial charge in [0.2, 0.25) is 5.75 Å². The van der Waals surface area contributed by atoms with Crippen LogP contribution in [0, 0.1) is 0 Å². The fourth-order valence-corrected chi connectivity index (χ4v) is 3.64. The van der Waals surface area contributed by atoms with E-state index in [4.69, 9.17) is 14.2 Å². The number of methoxy groups -OCH3 is 3. The van der Waals surface area contributed by atoms with Crippen LogP contribution in [0.1, 0.15) is 24.5 Å². The van der Waals surface area contributed by atoms with Crippen molar-refractivity contribution in [2.45, 2.75) is 25.4 Å². The van der Waals surface area contributed by atoms with Gasteiger partial charge in [0, 0.05) is 24.4 Å². The average molecular weight is 399 g/mol. The maximum Gasteiger partial charge on any atom is 0.203 e. The Morgan fingerprint density at radius 3 is 2.41 bits per heavy atom. The third kappa shape index (κ3) is 4.40. The molecule has 0 heterocycles. The maximum atomic E-state index is 11.1. The molecule has 1 atom stereocenters. The van der Waals surface area contributed by atoms with Gasteiger partial charge in [0.05, 0.1) is 27.9 Å². The van der Waals surface area contributed by atoms with Gasteiger partial charge < -0.3 is 30.0 Å². The summed E-state index contributed by atoms with van der Waals surface area (Å²) < 4.78 is 16.2. The molecule has 0 amide bonds. The van der Waals surface area contributed by atoms with Crippen LogP contribution in [0.25, 0.3) is 0 Å². The van der Waals surface area contributed by atoms with Crippen LogP contribution in [0.5, 0.6) is 17.2 Å². The van der Waals surface area contributed by atoms with Gasteiger partial charge in [0.1, 0.15) is 5.60 Å². The van der Waals surface area contributed by atoms with Gasteiger partial charge in [-0.3, -0.25) is 0 Å². The van der Waals surface area contributed by atoms with E-state index in [0.29, 0.717) is 36.2 Å². The highest BCUT2D eigenvalue weighted by molar-refractivity contribution is 5.94. The van der Waals surface area contributed by atoms with Crippen molar-refractivity contribution in [2.24, 2.45) is 4.99 Å². The lowest BCUT2D eigenvalue weighted by Crippen LogP contribution is -2.34. The minimum Gasteiger partial charge on any atom is -0.493 e. The molecule has 0 saturated carbocycles. The lowest BCUT2D eigenvalue weighted by Gasteiger charge is -2.23. The zero-order valence-electron chi connectivity index (χ0n) is 17.4. The highest BCUT2D eigenvalue weighted by Gasteiger charge is 2.36. The highest BCUT2D eigenvalue weighted by Crippen LogP contribution is 2.40. The number of aliphatic hydroxyl groups is 1. The number of hydrogen-bond acceptors (Lipinski definition) is 5. The molecule has 3 rings (SSSR count). The van der Waals surface area contributed by atoms with Crippen molar-refractivity contribution < 1.29 is 19.3 Å². The molecule has 1 aliphatic rings. The molecule has 156 valence electrons. The first-order valence-corrected chi connectivity index (χ1v) is 9.70. The molecule has 0 fully saturated rings. The lowest BCUT2D eigenvalue weighted by molar-refractivity contribution is 0.0486. The van der Waals surface area contributed by atoms with Crippen LogP contribution >= 0.6 is 0 Å². The van der Waals surface area contributed by atoms with Crippen molar-refractivity contribution in [1.29, 1.82) is 0 Å². The van der Waals surface area contributed by atoms with Gasteiger partial charge in [0.15, 0.2) is 17.5 Å². The topological polar surface area (TPSA) is 84.3 Å². The third-order valence-corrected chi connectivity index (χ3v) is 5.10. The number of anilines is 1. The summed E-state index contributed by atoms with van der Waals surface area (Å²) >= 11 is 0. The van der Waals surface area contributed by atoms with E-state index in [0.717, 1.165) is 17.7 Å². The van der Waals surface area contributed by atoms with Crippen LogP contribution in [-0.2, 0) is 12.0 Å². The fourth-order valence-electron chi connectivity index (χ4n) is 3.64. The van der Waals surface area contributed by atoms with Crippen LogP contribution < -0.4 is 24.8 Å². The highest BCUT2D eigenvalue weighted by atomic mass is 16.5. The number of guanidine groups is 1. The summed E-state index contributed by atoms with van der Waals surface area (Å²) in [5, 5.41) is 17.6. The second-order valence-corrected chi connectivity index (χ2v) is 6.92. The molecule has 7 nitrogen and oxygen atoms in total. The molecule has 0 aliphatic heterocycles. The summed E-state index contributed by atoms with van der Waals surface area (Å²) in [5.74, 6) is 2.20. The summed E-state index contributed by atoms with van der Waals surface area (Å²) in [7, 11) is 4.72. The first-order valence-electron chi connectivity index (χ1n) is 9.70. The zero-order chi connectivity index (χ0) is 20.9. The van der Waals surface area contributed by atoms with Crippen molar-refractivity contribution in [3.8, 4) is 17.2 Å². The lowest BCUT2D eigenvalue weighted by atomic mass is 9.96. The number of nitrogens with zero attached hydrogens (tertiary/aromatic N) is 1. The molecular weight excluding hydrogens is 370 g/mol. The van der Waals surface area contributed by atoms with E-state index in [2.05, 4.69) is 21.7 Å². The zero-order valence-corrected chi connectivity index (χ0v) is 17.4. The van der Waals surface area contributed by atoms with Crippen molar-refractivity contribution in [2.75, 3.05) is 39.7 Å². The maximum absolute atomic E-state index is 11.1.